The largest absolute Gasteiger partial charge is 0.478 e. The third-order valence-corrected chi connectivity index (χ3v) is 8.73. The number of allylic oxidation sites excluding steroid dienone is 1. The van der Waals surface area contributed by atoms with Crippen LogP contribution in [-0.4, -0.2) is 38.3 Å². The summed E-state index contributed by atoms with van der Waals surface area (Å²) in [7, 11) is 0. The lowest BCUT2D eigenvalue weighted by atomic mass is 10.00. The van der Waals surface area contributed by atoms with Crippen molar-refractivity contribution >= 4 is 5.97 Å². The van der Waals surface area contributed by atoms with Crippen LogP contribution in [0.5, 0.6) is 0 Å². The minimum absolute atomic E-state index is 0.345. The van der Waals surface area contributed by atoms with E-state index >= 15 is 0 Å². The van der Waals surface area contributed by atoms with Gasteiger partial charge in [-0.15, -0.1) is 0 Å². The molecule has 0 aliphatic carbocycles. The van der Waals surface area contributed by atoms with E-state index in [4.69, 9.17) is 5.11 Å². The van der Waals surface area contributed by atoms with Gasteiger partial charge in [0.05, 0.1) is 5.57 Å². The summed E-state index contributed by atoms with van der Waals surface area (Å²) in [5.74, 6) is -3.76. The van der Waals surface area contributed by atoms with Gasteiger partial charge < -0.3 is 20.4 Å². The van der Waals surface area contributed by atoms with E-state index in [-0.39, 0.29) is 5.57 Å². The number of carboxylic acids is 1. The molecular weight excluding hydrogens is 524 g/mol. The highest BCUT2D eigenvalue weighted by Crippen LogP contribution is 2.18. The first-order chi connectivity index (χ1) is 20.3. The molecule has 0 aliphatic heterocycles. The third-order valence-electron chi connectivity index (χ3n) is 8.73. The van der Waals surface area contributed by atoms with E-state index in [2.05, 4.69) is 6.92 Å². The van der Waals surface area contributed by atoms with Crippen LogP contribution in [0.2, 0.25) is 0 Å². The summed E-state index contributed by atoms with van der Waals surface area (Å²) in [6.07, 6.45) is 39.7. The molecule has 0 aromatic rings. The number of aliphatic hydroxyl groups is 3. The molecule has 0 spiro atoms. The summed E-state index contributed by atoms with van der Waals surface area (Å²) in [4.78, 5) is 11.2. The summed E-state index contributed by atoms with van der Waals surface area (Å²) < 4.78 is 0. The van der Waals surface area contributed by atoms with Crippen molar-refractivity contribution in [2.75, 3.05) is 0 Å². The quantitative estimate of drug-likeness (QED) is 0.0343. The van der Waals surface area contributed by atoms with Gasteiger partial charge in [0.1, 0.15) is 6.10 Å². The lowest BCUT2D eigenvalue weighted by Gasteiger charge is -2.23. The third kappa shape index (κ3) is 27.9. The molecule has 0 aromatic heterocycles. The Balaban J connectivity index is 3.29. The van der Waals surface area contributed by atoms with E-state index in [9.17, 15) is 20.1 Å². The fraction of sp³-hybridized carbons (Fsp3) is 0.919. The molecule has 0 bridgehead atoms. The minimum Gasteiger partial charge on any atom is -0.478 e. The molecule has 0 aliphatic rings. The Labute approximate surface area is 261 Å². The zero-order chi connectivity index (χ0) is 31.2. The molecule has 0 amide bonds. The van der Waals surface area contributed by atoms with Crippen molar-refractivity contribution in [1.82, 2.24) is 0 Å². The van der Waals surface area contributed by atoms with Crippen molar-refractivity contribution in [1.29, 1.82) is 0 Å². The Kier molecular flexibility index (Phi) is 29.5. The number of hydrogen-bond acceptors (Lipinski definition) is 4. The number of carboxylic acid groups (broad SMARTS) is 1. The number of aliphatic hydroxyl groups excluding tert-OH is 1. The maximum absolute atomic E-state index is 11.2. The van der Waals surface area contributed by atoms with Gasteiger partial charge in [-0.1, -0.05) is 193 Å². The normalized spacial score (nSPS) is 13.1. The maximum atomic E-state index is 11.2. The summed E-state index contributed by atoms with van der Waals surface area (Å²) in [6, 6.07) is 0. The predicted octanol–water partition coefficient (Wildman–Crippen LogP) is 10.8. The van der Waals surface area contributed by atoms with Gasteiger partial charge in [-0.3, -0.25) is 0 Å². The van der Waals surface area contributed by atoms with Gasteiger partial charge in [-0.2, -0.15) is 0 Å². The average molecular weight is 597 g/mol. The first-order valence-electron chi connectivity index (χ1n) is 18.4. The second kappa shape index (κ2) is 30.1. The van der Waals surface area contributed by atoms with Gasteiger partial charge in [0.2, 0.25) is 0 Å². The van der Waals surface area contributed by atoms with Crippen LogP contribution in [0.15, 0.2) is 11.6 Å². The molecule has 42 heavy (non-hydrogen) atoms. The van der Waals surface area contributed by atoms with Crippen LogP contribution in [-0.2, 0) is 4.79 Å². The monoisotopic (exact) mass is 597 g/mol. The molecule has 0 aromatic carbocycles. The standard InChI is InChI=1S/C37H72O5/c1-3-4-5-6-7-8-9-10-11-12-13-14-15-16-17-18-19-20-21-22-23-24-25-26-27-28-29-30-31-32-33-34(36(39)40)35(38)37(2,41)42/h33,35,38,41-42H,3-32H2,1-2H3,(H,39,40). The molecule has 0 saturated carbocycles. The smallest absolute Gasteiger partial charge is 0.334 e. The Bertz CT molecular complexity index is 610. The van der Waals surface area contributed by atoms with E-state index in [1.165, 1.54) is 173 Å². The van der Waals surface area contributed by atoms with Crippen LogP contribution in [0.1, 0.15) is 206 Å². The lowest BCUT2D eigenvalue weighted by Crippen LogP contribution is -2.42. The highest BCUT2D eigenvalue weighted by Gasteiger charge is 2.33. The summed E-state index contributed by atoms with van der Waals surface area (Å²) in [6.45, 7) is 3.28. The van der Waals surface area contributed by atoms with Crippen LogP contribution in [0.4, 0.5) is 0 Å². The van der Waals surface area contributed by atoms with Crippen molar-refractivity contribution in [2.45, 2.75) is 218 Å². The fourth-order valence-electron chi connectivity index (χ4n) is 5.86. The molecule has 1 unspecified atom stereocenters. The molecule has 5 nitrogen and oxygen atoms in total. The molecule has 0 fully saturated rings. The van der Waals surface area contributed by atoms with Crippen molar-refractivity contribution < 1.29 is 25.2 Å². The molecule has 0 radical (unpaired) electrons. The number of carbonyl (C=O) groups is 1. The molecular formula is C37H72O5. The van der Waals surface area contributed by atoms with E-state index < -0.39 is 17.9 Å². The van der Waals surface area contributed by atoms with Crippen LogP contribution in [0.25, 0.3) is 0 Å². The van der Waals surface area contributed by atoms with Crippen molar-refractivity contribution in [2.24, 2.45) is 0 Å². The van der Waals surface area contributed by atoms with Gasteiger partial charge in [0.25, 0.3) is 0 Å². The zero-order valence-corrected chi connectivity index (χ0v) is 28.1. The Morgan fingerprint density at radius 2 is 0.762 bits per heavy atom. The Hall–Kier alpha value is -0.910. The van der Waals surface area contributed by atoms with Gasteiger partial charge in [0, 0.05) is 0 Å². The first-order valence-corrected chi connectivity index (χ1v) is 18.4. The van der Waals surface area contributed by atoms with Crippen LogP contribution < -0.4 is 0 Å². The molecule has 5 heteroatoms. The highest BCUT2D eigenvalue weighted by molar-refractivity contribution is 5.87. The average Bonchev–Trinajstić information content (AvgIpc) is 2.95. The fourth-order valence-corrected chi connectivity index (χ4v) is 5.86. The van der Waals surface area contributed by atoms with Crippen LogP contribution >= 0.6 is 0 Å². The van der Waals surface area contributed by atoms with E-state index in [1.807, 2.05) is 0 Å². The first kappa shape index (κ1) is 41.1. The van der Waals surface area contributed by atoms with Crippen molar-refractivity contribution in [3.05, 3.63) is 11.6 Å². The highest BCUT2D eigenvalue weighted by atomic mass is 16.5. The zero-order valence-electron chi connectivity index (χ0n) is 28.1. The Morgan fingerprint density at radius 1 is 0.524 bits per heavy atom. The molecule has 0 saturated heterocycles. The topological polar surface area (TPSA) is 98.0 Å². The Morgan fingerprint density at radius 3 is 0.976 bits per heavy atom. The second-order valence-electron chi connectivity index (χ2n) is 13.1. The van der Waals surface area contributed by atoms with E-state index in [1.54, 1.807) is 0 Å². The van der Waals surface area contributed by atoms with Crippen molar-refractivity contribution in [3.63, 3.8) is 0 Å². The molecule has 1 atom stereocenters. The molecule has 0 rings (SSSR count). The number of aliphatic carboxylic acids is 1. The van der Waals surface area contributed by atoms with E-state index in [0.29, 0.717) is 6.42 Å². The number of rotatable bonds is 33. The summed E-state index contributed by atoms with van der Waals surface area (Å²) in [5, 5.41) is 37.8. The minimum atomic E-state index is -2.45. The maximum Gasteiger partial charge on any atom is 0.334 e. The van der Waals surface area contributed by atoms with Crippen molar-refractivity contribution in [3.8, 4) is 0 Å². The molecule has 0 heterocycles. The van der Waals surface area contributed by atoms with Gasteiger partial charge >= 0.3 is 5.97 Å². The van der Waals surface area contributed by atoms with Gasteiger partial charge in [-0.05, 0) is 19.8 Å². The SMILES string of the molecule is CCCCCCCCCCCCCCCCCCCCCCCCCCCCCCCC=C(C(=O)O)C(O)C(C)(O)O. The predicted molar refractivity (Wildman–Crippen MR) is 179 cm³/mol. The molecule has 4 N–H and O–H groups in total. The van der Waals surface area contributed by atoms with Gasteiger partial charge in [-0.25, -0.2) is 4.79 Å². The summed E-state index contributed by atoms with van der Waals surface area (Å²) in [5.41, 5.74) is -0.345. The molecule has 250 valence electrons. The summed E-state index contributed by atoms with van der Waals surface area (Å²) >= 11 is 0. The lowest BCUT2D eigenvalue weighted by molar-refractivity contribution is -0.202. The van der Waals surface area contributed by atoms with E-state index in [0.717, 1.165) is 26.2 Å². The van der Waals surface area contributed by atoms with Crippen LogP contribution in [0, 0.1) is 0 Å². The van der Waals surface area contributed by atoms with Crippen LogP contribution in [0.3, 0.4) is 0 Å². The van der Waals surface area contributed by atoms with Gasteiger partial charge in [0.15, 0.2) is 5.79 Å². The number of hydrogen-bond donors (Lipinski definition) is 4. The number of unbranched alkanes of at least 4 members (excludes halogenated alkanes) is 29. The second-order valence-corrected chi connectivity index (χ2v) is 13.1.